The van der Waals surface area contributed by atoms with Crippen LogP contribution in [0.4, 0.5) is 4.79 Å². The lowest BCUT2D eigenvalue weighted by atomic mass is 10.1. The molecule has 37 heavy (non-hydrogen) atoms. The number of aryl methyl sites for hydroxylation is 2. The van der Waals surface area contributed by atoms with Crippen LogP contribution in [0.1, 0.15) is 71.2 Å². The fraction of sp³-hybridized carbons (Fsp3) is 0.679. The molecule has 9 nitrogen and oxygen atoms in total. The normalized spacial score (nSPS) is 19.2. The van der Waals surface area contributed by atoms with Crippen molar-refractivity contribution < 1.29 is 23.8 Å². The van der Waals surface area contributed by atoms with E-state index in [0.717, 1.165) is 48.8 Å². The molecule has 2 aliphatic rings. The van der Waals surface area contributed by atoms with E-state index >= 15 is 0 Å². The zero-order valence-corrected chi connectivity index (χ0v) is 23.2. The number of methoxy groups -OCH3 is 1. The Balaban J connectivity index is 1.54. The highest BCUT2D eigenvalue weighted by molar-refractivity contribution is 5.85. The molecular formula is C28H42N4O5. The molecule has 0 N–H and O–H groups in total. The predicted molar refractivity (Wildman–Crippen MR) is 141 cm³/mol. The lowest BCUT2D eigenvalue weighted by Gasteiger charge is -2.37. The molecule has 0 aromatic carbocycles. The number of aromatic nitrogens is 2. The summed E-state index contributed by atoms with van der Waals surface area (Å²) in [5, 5.41) is 1.16. The number of amides is 2. The van der Waals surface area contributed by atoms with Gasteiger partial charge in [-0.1, -0.05) is 6.92 Å². The number of morpholine rings is 1. The second kappa shape index (κ2) is 11.4. The van der Waals surface area contributed by atoms with E-state index in [-0.39, 0.29) is 24.5 Å². The van der Waals surface area contributed by atoms with E-state index in [9.17, 15) is 9.59 Å². The third-order valence-corrected chi connectivity index (χ3v) is 7.03. The fourth-order valence-electron chi connectivity index (χ4n) is 4.99. The van der Waals surface area contributed by atoms with Crippen molar-refractivity contribution in [2.45, 2.75) is 90.6 Å². The third-order valence-electron chi connectivity index (χ3n) is 7.03. The molecule has 2 atom stereocenters. The van der Waals surface area contributed by atoms with Crippen molar-refractivity contribution >= 4 is 22.9 Å². The molecule has 1 saturated carbocycles. The van der Waals surface area contributed by atoms with Crippen molar-refractivity contribution in [3.63, 3.8) is 0 Å². The molecule has 9 heteroatoms. The summed E-state index contributed by atoms with van der Waals surface area (Å²) >= 11 is 0. The first-order valence-electron chi connectivity index (χ1n) is 13.5. The Labute approximate surface area is 220 Å². The average Bonchev–Trinajstić information content (AvgIpc) is 3.64. The lowest BCUT2D eigenvalue weighted by Crippen LogP contribution is -2.54. The molecule has 0 bridgehead atoms. The number of carbonyl (C=O) groups excluding carboxylic acids is 2. The summed E-state index contributed by atoms with van der Waals surface area (Å²) in [7, 11) is 1.72. The predicted octanol–water partition coefficient (Wildman–Crippen LogP) is 4.32. The van der Waals surface area contributed by atoms with Crippen LogP contribution in [0, 0.1) is 0 Å². The monoisotopic (exact) mass is 514 g/mol. The highest BCUT2D eigenvalue weighted by atomic mass is 16.6. The Morgan fingerprint density at radius 2 is 2.05 bits per heavy atom. The zero-order valence-electron chi connectivity index (χ0n) is 23.2. The molecule has 1 aliphatic heterocycles. The van der Waals surface area contributed by atoms with Crippen molar-refractivity contribution in [2.75, 3.05) is 33.4 Å². The number of rotatable bonds is 9. The van der Waals surface area contributed by atoms with Gasteiger partial charge in [0.05, 0.1) is 30.4 Å². The SMILES string of the molecule is CCc1cn(CCCOC)c2cc([C@@H](C)N(C(=O)[C@H]3CN(C(=O)OC(C)(C)C)CCO3)C3CC3)ncc12. The molecule has 1 aliphatic carbocycles. The largest absolute Gasteiger partial charge is 0.444 e. The molecule has 204 valence electrons. The van der Waals surface area contributed by atoms with Crippen LogP contribution in [0.2, 0.25) is 0 Å². The number of hydrogen-bond donors (Lipinski definition) is 0. The number of carbonyl (C=O) groups is 2. The summed E-state index contributed by atoms with van der Waals surface area (Å²) in [4.78, 5) is 34.7. The Morgan fingerprint density at radius 1 is 1.30 bits per heavy atom. The molecule has 3 heterocycles. The molecule has 2 aromatic rings. The van der Waals surface area contributed by atoms with Gasteiger partial charge in [0, 0.05) is 50.6 Å². The van der Waals surface area contributed by atoms with Gasteiger partial charge in [0.25, 0.3) is 5.91 Å². The minimum Gasteiger partial charge on any atom is -0.444 e. The maximum Gasteiger partial charge on any atom is 0.410 e. The first-order chi connectivity index (χ1) is 17.6. The quantitative estimate of drug-likeness (QED) is 0.463. The summed E-state index contributed by atoms with van der Waals surface area (Å²) in [6.07, 6.45) is 6.83. The van der Waals surface area contributed by atoms with Crippen LogP contribution in [0.25, 0.3) is 10.9 Å². The van der Waals surface area contributed by atoms with E-state index < -0.39 is 17.8 Å². The van der Waals surface area contributed by atoms with Crippen LogP contribution in [0.3, 0.4) is 0 Å². The fourth-order valence-corrected chi connectivity index (χ4v) is 4.99. The van der Waals surface area contributed by atoms with Crippen molar-refractivity contribution in [2.24, 2.45) is 0 Å². The Hall–Kier alpha value is -2.65. The van der Waals surface area contributed by atoms with E-state index in [0.29, 0.717) is 19.8 Å². The highest BCUT2D eigenvalue weighted by Crippen LogP contribution is 2.36. The molecule has 2 amide bonds. The summed E-state index contributed by atoms with van der Waals surface area (Å²) < 4.78 is 18.9. The number of hydrogen-bond acceptors (Lipinski definition) is 6. The van der Waals surface area contributed by atoms with Crippen LogP contribution in [-0.4, -0.2) is 82.5 Å². The van der Waals surface area contributed by atoms with E-state index in [4.69, 9.17) is 19.2 Å². The van der Waals surface area contributed by atoms with Crippen molar-refractivity contribution in [3.05, 3.63) is 29.7 Å². The maximum absolute atomic E-state index is 13.8. The summed E-state index contributed by atoms with van der Waals surface area (Å²) in [6.45, 7) is 12.2. The third kappa shape index (κ3) is 6.44. The molecule has 0 radical (unpaired) electrons. The van der Waals surface area contributed by atoms with Gasteiger partial charge in [-0.15, -0.1) is 0 Å². The van der Waals surface area contributed by atoms with Crippen LogP contribution >= 0.6 is 0 Å². The van der Waals surface area contributed by atoms with Gasteiger partial charge in [0.1, 0.15) is 5.60 Å². The second-order valence-electron chi connectivity index (χ2n) is 11.1. The van der Waals surface area contributed by atoms with E-state index in [2.05, 4.69) is 23.8 Å². The van der Waals surface area contributed by atoms with Crippen LogP contribution in [0.15, 0.2) is 18.5 Å². The molecule has 1 saturated heterocycles. The summed E-state index contributed by atoms with van der Waals surface area (Å²) in [5.74, 6) is -0.0881. The van der Waals surface area contributed by atoms with Crippen molar-refractivity contribution in [1.29, 1.82) is 0 Å². The molecule has 0 unspecified atom stereocenters. The number of ether oxygens (including phenoxy) is 3. The standard InChI is InChI=1S/C28H42N4O5/c1-7-20-17-30(11-8-13-35-6)24-15-23(29-16-22(20)24)19(2)32(21-9-10-21)26(33)25-18-31(12-14-36-25)27(34)37-28(3,4)5/h15-17,19,21,25H,7-14,18H2,1-6H3/t19-,25-/m1/s1. The first kappa shape index (κ1) is 27.4. The van der Waals surface area contributed by atoms with Crippen molar-refractivity contribution in [3.8, 4) is 0 Å². The Kier molecular flexibility index (Phi) is 8.43. The molecule has 0 spiro atoms. The van der Waals surface area contributed by atoms with Crippen LogP contribution < -0.4 is 0 Å². The number of pyridine rings is 1. The molecule has 2 aromatic heterocycles. The molecule has 2 fully saturated rings. The van der Waals surface area contributed by atoms with Gasteiger partial charge in [-0.25, -0.2) is 4.79 Å². The maximum atomic E-state index is 13.8. The second-order valence-corrected chi connectivity index (χ2v) is 11.1. The smallest absolute Gasteiger partial charge is 0.410 e. The van der Waals surface area contributed by atoms with E-state index in [1.807, 2.05) is 38.8 Å². The van der Waals surface area contributed by atoms with Crippen LogP contribution in [0.5, 0.6) is 0 Å². The minimum absolute atomic E-state index is 0.0881. The van der Waals surface area contributed by atoms with Gasteiger partial charge in [-0.3, -0.25) is 9.78 Å². The number of fused-ring (bicyclic) bond motifs is 1. The summed E-state index contributed by atoms with van der Waals surface area (Å²) in [5.41, 5.74) is 2.68. The minimum atomic E-state index is -0.711. The van der Waals surface area contributed by atoms with Gasteiger partial charge in [-0.2, -0.15) is 0 Å². The van der Waals surface area contributed by atoms with Gasteiger partial charge < -0.3 is 28.6 Å². The Bertz CT molecular complexity index is 1100. The first-order valence-corrected chi connectivity index (χ1v) is 13.5. The van der Waals surface area contributed by atoms with Gasteiger partial charge >= 0.3 is 6.09 Å². The van der Waals surface area contributed by atoms with Gasteiger partial charge in [0.2, 0.25) is 0 Å². The molecule has 4 rings (SSSR count). The zero-order chi connectivity index (χ0) is 26.7. The van der Waals surface area contributed by atoms with Crippen molar-refractivity contribution in [1.82, 2.24) is 19.4 Å². The number of nitrogens with zero attached hydrogens (tertiary/aromatic N) is 4. The van der Waals surface area contributed by atoms with Gasteiger partial charge in [0.15, 0.2) is 6.10 Å². The van der Waals surface area contributed by atoms with E-state index in [1.54, 1.807) is 12.0 Å². The summed E-state index contributed by atoms with van der Waals surface area (Å²) in [6, 6.07) is 2.08. The molecular weight excluding hydrogens is 472 g/mol. The average molecular weight is 515 g/mol. The lowest BCUT2D eigenvalue weighted by molar-refractivity contribution is -0.152. The Morgan fingerprint density at radius 3 is 2.70 bits per heavy atom. The van der Waals surface area contributed by atoms with E-state index in [1.165, 1.54) is 5.56 Å². The van der Waals surface area contributed by atoms with Crippen LogP contribution in [-0.2, 0) is 32.0 Å². The van der Waals surface area contributed by atoms with Gasteiger partial charge in [-0.05, 0) is 65.0 Å². The topological polar surface area (TPSA) is 86.1 Å². The highest BCUT2D eigenvalue weighted by Gasteiger charge is 2.42.